The van der Waals surface area contributed by atoms with Crippen LogP contribution in [0.2, 0.25) is 0 Å². The Balaban J connectivity index is 1.91. The first-order valence-corrected chi connectivity index (χ1v) is 7.38. The van der Waals surface area contributed by atoms with E-state index < -0.39 is 4.92 Å². The zero-order valence-corrected chi connectivity index (χ0v) is 13.5. The number of carbonyl (C=O) groups is 1. The highest BCUT2D eigenvalue weighted by atomic mass is 16.6. The number of nitrogens with zero attached hydrogens (tertiary/aromatic N) is 3. The lowest BCUT2D eigenvalue weighted by molar-refractivity contribution is -0.385. The molecule has 0 saturated carbocycles. The molecule has 0 aliphatic carbocycles. The Labute approximate surface area is 134 Å². The lowest BCUT2D eigenvalue weighted by atomic mass is 10.2. The van der Waals surface area contributed by atoms with Crippen LogP contribution in [0.3, 0.4) is 0 Å². The van der Waals surface area contributed by atoms with Gasteiger partial charge in [-0.05, 0) is 13.0 Å². The van der Waals surface area contributed by atoms with Gasteiger partial charge in [0.05, 0.1) is 18.1 Å². The summed E-state index contributed by atoms with van der Waals surface area (Å²) < 4.78 is 10.6. The topological polar surface area (TPSA) is 85.2 Å². The van der Waals surface area contributed by atoms with Gasteiger partial charge in [-0.1, -0.05) is 0 Å². The van der Waals surface area contributed by atoms with E-state index in [1.165, 1.54) is 19.2 Å². The van der Waals surface area contributed by atoms with Gasteiger partial charge in [0.15, 0.2) is 0 Å². The summed E-state index contributed by atoms with van der Waals surface area (Å²) in [6.45, 7) is 4.39. The van der Waals surface area contributed by atoms with Crippen molar-refractivity contribution in [3.63, 3.8) is 0 Å². The van der Waals surface area contributed by atoms with E-state index in [1.807, 2.05) is 6.92 Å². The fourth-order valence-corrected chi connectivity index (χ4v) is 2.54. The van der Waals surface area contributed by atoms with Crippen molar-refractivity contribution in [2.75, 3.05) is 40.4 Å². The van der Waals surface area contributed by atoms with Gasteiger partial charge in [0.1, 0.15) is 12.4 Å². The van der Waals surface area contributed by atoms with Crippen LogP contribution in [0.1, 0.15) is 6.92 Å². The third-order valence-electron chi connectivity index (χ3n) is 4.00. The Hall–Kier alpha value is -2.35. The molecule has 0 radical (unpaired) electrons. The van der Waals surface area contributed by atoms with Crippen LogP contribution in [0.4, 0.5) is 5.69 Å². The Bertz CT molecular complexity index is 592. The number of methoxy groups -OCH3 is 1. The van der Waals surface area contributed by atoms with Crippen LogP contribution >= 0.6 is 0 Å². The fourth-order valence-electron chi connectivity index (χ4n) is 2.54. The van der Waals surface area contributed by atoms with Gasteiger partial charge in [0, 0.05) is 38.8 Å². The van der Waals surface area contributed by atoms with Crippen LogP contribution < -0.4 is 9.47 Å². The summed E-state index contributed by atoms with van der Waals surface area (Å²) in [7, 11) is 3.18. The SMILES string of the molecule is COc1cc(OCCN2CCN(C)C(=O)[C@H]2C)ccc1[N+](=O)[O-]. The normalized spacial score (nSPS) is 18.8. The molecule has 23 heavy (non-hydrogen) atoms. The number of hydrogen-bond acceptors (Lipinski definition) is 6. The maximum Gasteiger partial charge on any atom is 0.311 e. The lowest BCUT2D eigenvalue weighted by Crippen LogP contribution is -2.55. The standard InChI is InChI=1S/C15H21N3O5/c1-11-15(19)16(2)6-7-17(11)8-9-23-12-4-5-13(18(20)21)14(10-12)22-3/h4-5,10-11H,6-9H2,1-3H3/t11-/m1/s1. The number of carbonyl (C=O) groups excluding carboxylic acids is 1. The summed E-state index contributed by atoms with van der Waals surface area (Å²) >= 11 is 0. The third-order valence-corrected chi connectivity index (χ3v) is 4.00. The second-order valence-electron chi connectivity index (χ2n) is 5.41. The van der Waals surface area contributed by atoms with Gasteiger partial charge in [-0.2, -0.15) is 0 Å². The van der Waals surface area contributed by atoms with Crippen LogP contribution in [-0.2, 0) is 4.79 Å². The first kappa shape index (κ1) is 17.0. The number of piperazine rings is 1. The minimum absolute atomic E-state index is 0.0989. The Morgan fingerprint density at radius 3 is 2.78 bits per heavy atom. The van der Waals surface area contributed by atoms with E-state index in [2.05, 4.69) is 4.90 Å². The number of likely N-dealkylation sites (N-methyl/N-ethyl adjacent to an activating group) is 1. The summed E-state index contributed by atoms with van der Waals surface area (Å²) in [4.78, 5) is 26.1. The van der Waals surface area contributed by atoms with Crippen LogP contribution in [0.5, 0.6) is 11.5 Å². The molecule has 0 unspecified atom stereocenters. The molecule has 1 atom stereocenters. The zero-order chi connectivity index (χ0) is 17.0. The van der Waals surface area contributed by atoms with Gasteiger partial charge < -0.3 is 14.4 Å². The highest BCUT2D eigenvalue weighted by molar-refractivity contribution is 5.81. The minimum atomic E-state index is -0.500. The number of benzene rings is 1. The van der Waals surface area contributed by atoms with Crippen molar-refractivity contribution in [1.82, 2.24) is 9.80 Å². The van der Waals surface area contributed by atoms with E-state index in [0.717, 1.165) is 6.54 Å². The molecule has 1 aliphatic rings. The van der Waals surface area contributed by atoms with E-state index in [0.29, 0.717) is 25.4 Å². The molecule has 1 aromatic rings. The second-order valence-corrected chi connectivity index (χ2v) is 5.41. The number of rotatable bonds is 6. The largest absolute Gasteiger partial charge is 0.492 e. The smallest absolute Gasteiger partial charge is 0.311 e. The molecular weight excluding hydrogens is 302 g/mol. The molecule has 0 aromatic heterocycles. The molecular formula is C15H21N3O5. The predicted molar refractivity (Wildman–Crippen MR) is 83.8 cm³/mol. The van der Waals surface area contributed by atoms with Gasteiger partial charge in [0.2, 0.25) is 11.7 Å². The first-order chi connectivity index (χ1) is 10.9. The van der Waals surface area contributed by atoms with Gasteiger partial charge in [-0.15, -0.1) is 0 Å². The molecule has 1 saturated heterocycles. The van der Waals surface area contributed by atoms with E-state index in [-0.39, 0.29) is 23.4 Å². The summed E-state index contributed by atoms with van der Waals surface area (Å²) in [5.74, 6) is 0.768. The fraction of sp³-hybridized carbons (Fsp3) is 0.533. The highest BCUT2D eigenvalue weighted by Crippen LogP contribution is 2.30. The Kier molecular flexibility index (Phi) is 5.38. The maximum atomic E-state index is 11.9. The van der Waals surface area contributed by atoms with Crippen LogP contribution in [0, 0.1) is 10.1 Å². The van der Waals surface area contributed by atoms with Crippen molar-refractivity contribution in [1.29, 1.82) is 0 Å². The quantitative estimate of drug-likeness (QED) is 0.576. The predicted octanol–water partition coefficient (Wildman–Crippen LogP) is 1.14. The van der Waals surface area contributed by atoms with E-state index in [4.69, 9.17) is 9.47 Å². The molecule has 1 aliphatic heterocycles. The molecule has 1 aromatic carbocycles. The summed E-state index contributed by atoms with van der Waals surface area (Å²) in [6, 6.07) is 4.23. The second kappa shape index (κ2) is 7.28. The average molecular weight is 323 g/mol. The van der Waals surface area contributed by atoms with Crippen LogP contribution in [0.15, 0.2) is 18.2 Å². The molecule has 8 nitrogen and oxygen atoms in total. The molecule has 0 N–H and O–H groups in total. The summed E-state index contributed by atoms with van der Waals surface area (Å²) in [5, 5.41) is 10.8. The number of nitro groups is 1. The zero-order valence-electron chi connectivity index (χ0n) is 13.5. The summed E-state index contributed by atoms with van der Waals surface area (Å²) in [6.07, 6.45) is 0. The average Bonchev–Trinajstić information content (AvgIpc) is 2.54. The summed E-state index contributed by atoms with van der Waals surface area (Å²) in [5.41, 5.74) is -0.0989. The van der Waals surface area contributed by atoms with E-state index >= 15 is 0 Å². The molecule has 8 heteroatoms. The van der Waals surface area contributed by atoms with Crippen molar-refractivity contribution in [3.8, 4) is 11.5 Å². The van der Waals surface area contributed by atoms with E-state index in [1.54, 1.807) is 18.0 Å². The number of amides is 1. The van der Waals surface area contributed by atoms with Gasteiger partial charge in [-0.25, -0.2) is 0 Å². The Morgan fingerprint density at radius 2 is 2.13 bits per heavy atom. The van der Waals surface area contributed by atoms with Crippen LogP contribution in [0.25, 0.3) is 0 Å². The Morgan fingerprint density at radius 1 is 1.39 bits per heavy atom. The maximum absolute atomic E-state index is 11.9. The van der Waals surface area contributed by atoms with Crippen LogP contribution in [-0.4, -0.2) is 67.1 Å². The lowest BCUT2D eigenvalue weighted by Gasteiger charge is -2.37. The third kappa shape index (κ3) is 3.89. The van der Waals surface area contributed by atoms with E-state index in [9.17, 15) is 14.9 Å². The molecule has 0 spiro atoms. The molecule has 126 valence electrons. The first-order valence-electron chi connectivity index (χ1n) is 7.38. The van der Waals surface area contributed by atoms with Crippen molar-refractivity contribution in [2.24, 2.45) is 0 Å². The monoisotopic (exact) mass is 323 g/mol. The molecule has 1 heterocycles. The van der Waals surface area contributed by atoms with Crippen molar-refractivity contribution >= 4 is 11.6 Å². The molecule has 1 amide bonds. The van der Waals surface area contributed by atoms with Crippen molar-refractivity contribution in [2.45, 2.75) is 13.0 Å². The number of nitro benzene ring substituents is 1. The molecule has 2 rings (SSSR count). The number of ether oxygens (including phenoxy) is 2. The van der Waals surface area contributed by atoms with Crippen molar-refractivity contribution in [3.05, 3.63) is 28.3 Å². The minimum Gasteiger partial charge on any atom is -0.492 e. The number of hydrogen-bond donors (Lipinski definition) is 0. The molecule has 1 fully saturated rings. The van der Waals surface area contributed by atoms with Gasteiger partial charge >= 0.3 is 5.69 Å². The van der Waals surface area contributed by atoms with Gasteiger partial charge in [0.25, 0.3) is 0 Å². The van der Waals surface area contributed by atoms with Gasteiger partial charge in [-0.3, -0.25) is 19.8 Å². The highest BCUT2D eigenvalue weighted by Gasteiger charge is 2.28. The van der Waals surface area contributed by atoms with Crippen molar-refractivity contribution < 1.29 is 19.2 Å². The molecule has 0 bridgehead atoms.